The smallest absolute Gasteiger partial charge is 0.0224 e. The first kappa shape index (κ1) is 15.5. The zero-order valence-corrected chi connectivity index (χ0v) is 13.1. The van der Waals surface area contributed by atoms with Gasteiger partial charge in [-0.15, -0.1) is 0 Å². The minimum absolute atomic E-state index is 0.683. The fourth-order valence-corrected chi connectivity index (χ4v) is 3.42. The van der Waals surface area contributed by atoms with Crippen LogP contribution in [-0.4, -0.2) is 36.6 Å². The van der Waals surface area contributed by atoms with E-state index in [1.165, 1.54) is 57.3 Å². The molecule has 112 valence electrons. The Bertz CT molecular complexity index is 357. The molecule has 1 aliphatic heterocycles. The van der Waals surface area contributed by atoms with Crippen LogP contribution >= 0.6 is 0 Å². The molecule has 1 aromatic carbocycles. The van der Waals surface area contributed by atoms with Gasteiger partial charge in [-0.2, -0.15) is 0 Å². The minimum atomic E-state index is 0.683. The van der Waals surface area contributed by atoms with Crippen molar-refractivity contribution in [3.63, 3.8) is 0 Å². The number of nitrogens with one attached hydrogen (secondary N) is 1. The second-order valence-corrected chi connectivity index (χ2v) is 5.99. The van der Waals surface area contributed by atoms with Crippen LogP contribution in [0.25, 0.3) is 0 Å². The van der Waals surface area contributed by atoms with E-state index in [-0.39, 0.29) is 0 Å². The van der Waals surface area contributed by atoms with Gasteiger partial charge < -0.3 is 5.32 Å². The molecule has 2 nitrogen and oxygen atoms in total. The molecule has 2 rings (SSSR count). The second-order valence-electron chi connectivity index (χ2n) is 5.99. The average Bonchev–Trinajstić information content (AvgIpc) is 2.52. The van der Waals surface area contributed by atoms with Crippen molar-refractivity contribution >= 4 is 0 Å². The summed E-state index contributed by atoms with van der Waals surface area (Å²) >= 11 is 0. The molecular weight excluding hydrogens is 244 g/mol. The van der Waals surface area contributed by atoms with Gasteiger partial charge in [0.05, 0.1) is 0 Å². The highest BCUT2D eigenvalue weighted by atomic mass is 15.2. The van der Waals surface area contributed by atoms with E-state index in [9.17, 15) is 0 Å². The zero-order valence-electron chi connectivity index (χ0n) is 13.1. The largest absolute Gasteiger partial charge is 0.315 e. The number of benzene rings is 1. The fraction of sp³-hybridized carbons (Fsp3) is 0.667. The molecule has 0 spiro atoms. The topological polar surface area (TPSA) is 15.3 Å². The van der Waals surface area contributed by atoms with Crippen molar-refractivity contribution in [2.75, 3.05) is 19.6 Å². The van der Waals surface area contributed by atoms with Gasteiger partial charge in [0.15, 0.2) is 0 Å². The Hall–Kier alpha value is -0.860. The second kappa shape index (κ2) is 8.43. The molecule has 1 saturated heterocycles. The van der Waals surface area contributed by atoms with E-state index >= 15 is 0 Å². The third-order valence-electron chi connectivity index (χ3n) is 4.48. The molecule has 2 heteroatoms. The molecule has 0 aromatic heterocycles. The highest BCUT2D eigenvalue weighted by molar-refractivity contribution is 5.16. The molecule has 0 amide bonds. The fourth-order valence-electron chi connectivity index (χ4n) is 3.42. The minimum Gasteiger partial charge on any atom is -0.315 e. The van der Waals surface area contributed by atoms with Crippen molar-refractivity contribution in [3.05, 3.63) is 35.9 Å². The van der Waals surface area contributed by atoms with Crippen molar-refractivity contribution in [1.82, 2.24) is 10.2 Å². The van der Waals surface area contributed by atoms with E-state index in [4.69, 9.17) is 0 Å². The van der Waals surface area contributed by atoms with Crippen molar-refractivity contribution < 1.29 is 0 Å². The predicted molar refractivity (Wildman–Crippen MR) is 87.1 cm³/mol. The van der Waals surface area contributed by atoms with E-state index < -0.39 is 0 Å². The Morgan fingerprint density at radius 2 is 2.05 bits per heavy atom. The standard InChI is InChI=1S/C18H30N2/c1-3-13-20(18-11-8-12-19-15-18)17(4-2)14-16-9-6-5-7-10-16/h5-7,9-10,17-19H,3-4,8,11-15H2,1-2H3. The Kier molecular flexibility index (Phi) is 6.55. The SMILES string of the molecule is CCCN(C1CCCNC1)C(CC)Cc1ccccc1. The molecule has 1 aromatic rings. The maximum absolute atomic E-state index is 3.57. The van der Waals surface area contributed by atoms with E-state index in [0.717, 1.165) is 6.04 Å². The van der Waals surface area contributed by atoms with Gasteiger partial charge in [0.25, 0.3) is 0 Å². The van der Waals surface area contributed by atoms with Crippen LogP contribution in [0.2, 0.25) is 0 Å². The lowest BCUT2D eigenvalue weighted by Crippen LogP contribution is -2.51. The number of rotatable bonds is 7. The van der Waals surface area contributed by atoms with E-state index in [2.05, 4.69) is 54.4 Å². The molecule has 0 saturated carbocycles. The van der Waals surface area contributed by atoms with Crippen molar-refractivity contribution in [2.45, 2.75) is 58.0 Å². The molecule has 0 radical (unpaired) electrons. The summed E-state index contributed by atoms with van der Waals surface area (Å²) in [7, 11) is 0. The third kappa shape index (κ3) is 4.32. The van der Waals surface area contributed by atoms with E-state index in [0.29, 0.717) is 6.04 Å². The monoisotopic (exact) mass is 274 g/mol. The summed E-state index contributed by atoms with van der Waals surface area (Å²) < 4.78 is 0. The first-order valence-electron chi connectivity index (χ1n) is 8.35. The van der Waals surface area contributed by atoms with Gasteiger partial charge in [0.1, 0.15) is 0 Å². The summed E-state index contributed by atoms with van der Waals surface area (Å²) in [6.07, 6.45) is 6.37. The highest BCUT2D eigenvalue weighted by Crippen LogP contribution is 2.19. The van der Waals surface area contributed by atoms with Gasteiger partial charge in [-0.1, -0.05) is 44.2 Å². The van der Waals surface area contributed by atoms with Gasteiger partial charge in [-0.25, -0.2) is 0 Å². The van der Waals surface area contributed by atoms with Crippen LogP contribution in [0.1, 0.15) is 45.1 Å². The van der Waals surface area contributed by atoms with Gasteiger partial charge in [-0.3, -0.25) is 4.90 Å². The summed E-state index contributed by atoms with van der Waals surface area (Å²) in [4.78, 5) is 2.78. The van der Waals surface area contributed by atoms with Crippen molar-refractivity contribution in [1.29, 1.82) is 0 Å². The lowest BCUT2D eigenvalue weighted by molar-refractivity contribution is 0.108. The third-order valence-corrected chi connectivity index (χ3v) is 4.48. The summed E-state index contributed by atoms with van der Waals surface area (Å²) in [5.74, 6) is 0. The molecule has 1 heterocycles. The lowest BCUT2D eigenvalue weighted by Gasteiger charge is -2.40. The highest BCUT2D eigenvalue weighted by Gasteiger charge is 2.26. The van der Waals surface area contributed by atoms with Crippen LogP contribution in [0.5, 0.6) is 0 Å². The van der Waals surface area contributed by atoms with Crippen LogP contribution in [0, 0.1) is 0 Å². The lowest BCUT2D eigenvalue weighted by atomic mass is 9.97. The first-order chi connectivity index (χ1) is 9.85. The van der Waals surface area contributed by atoms with Crippen LogP contribution in [0.4, 0.5) is 0 Å². The Balaban J connectivity index is 2.03. The van der Waals surface area contributed by atoms with Crippen molar-refractivity contribution in [3.8, 4) is 0 Å². The Morgan fingerprint density at radius 3 is 2.65 bits per heavy atom. The molecular formula is C18H30N2. The maximum Gasteiger partial charge on any atom is 0.0224 e. The van der Waals surface area contributed by atoms with E-state index in [1.54, 1.807) is 0 Å². The molecule has 1 N–H and O–H groups in total. The molecule has 0 aliphatic carbocycles. The zero-order chi connectivity index (χ0) is 14.2. The van der Waals surface area contributed by atoms with Gasteiger partial charge in [0.2, 0.25) is 0 Å². The van der Waals surface area contributed by atoms with Crippen LogP contribution < -0.4 is 5.32 Å². The Labute approximate surface area is 124 Å². The maximum atomic E-state index is 3.57. The van der Waals surface area contributed by atoms with Gasteiger partial charge in [0, 0.05) is 18.6 Å². The van der Waals surface area contributed by atoms with Crippen LogP contribution in [0.3, 0.4) is 0 Å². The average molecular weight is 274 g/mol. The number of hydrogen-bond acceptors (Lipinski definition) is 2. The van der Waals surface area contributed by atoms with Crippen molar-refractivity contribution in [2.24, 2.45) is 0 Å². The molecule has 2 atom stereocenters. The van der Waals surface area contributed by atoms with Gasteiger partial charge in [-0.05, 0) is 50.8 Å². The predicted octanol–water partition coefficient (Wildman–Crippen LogP) is 3.47. The number of piperidine rings is 1. The summed E-state index contributed by atoms with van der Waals surface area (Å²) in [6, 6.07) is 12.4. The molecule has 1 fully saturated rings. The summed E-state index contributed by atoms with van der Waals surface area (Å²) in [5, 5.41) is 3.57. The summed E-state index contributed by atoms with van der Waals surface area (Å²) in [6.45, 7) is 8.25. The quantitative estimate of drug-likeness (QED) is 0.819. The normalized spacial score (nSPS) is 21.1. The van der Waals surface area contributed by atoms with Crippen LogP contribution in [0.15, 0.2) is 30.3 Å². The van der Waals surface area contributed by atoms with Crippen LogP contribution in [-0.2, 0) is 6.42 Å². The van der Waals surface area contributed by atoms with Gasteiger partial charge >= 0.3 is 0 Å². The number of hydrogen-bond donors (Lipinski definition) is 1. The Morgan fingerprint density at radius 1 is 1.25 bits per heavy atom. The first-order valence-corrected chi connectivity index (χ1v) is 8.35. The molecule has 1 aliphatic rings. The van der Waals surface area contributed by atoms with E-state index in [1.807, 2.05) is 0 Å². The molecule has 2 unspecified atom stereocenters. The summed E-state index contributed by atoms with van der Waals surface area (Å²) in [5.41, 5.74) is 1.48. The number of nitrogens with zero attached hydrogens (tertiary/aromatic N) is 1. The molecule has 20 heavy (non-hydrogen) atoms. The molecule has 0 bridgehead atoms.